The number of piperazine rings is 1. The first kappa shape index (κ1) is 18.0. The van der Waals surface area contributed by atoms with E-state index in [0.717, 1.165) is 63.0 Å². The monoisotopic (exact) mass is 344 g/mol. The molecule has 2 aliphatic rings. The van der Waals surface area contributed by atoms with E-state index < -0.39 is 0 Å². The highest BCUT2D eigenvalue weighted by atomic mass is 15.4. The summed E-state index contributed by atoms with van der Waals surface area (Å²) >= 11 is 0. The third kappa shape index (κ3) is 5.06. The number of hydrogen-bond acceptors (Lipinski definition) is 4. The largest absolute Gasteiger partial charge is 0.357 e. The van der Waals surface area contributed by atoms with Crippen LogP contribution in [0, 0.1) is 11.8 Å². The second kappa shape index (κ2) is 9.02. The van der Waals surface area contributed by atoms with Gasteiger partial charge >= 0.3 is 0 Å². The van der Waals surface area contributed by atoms with Gasteiger partial charge in [-0.2, -0.15) is 0 Å². The number of aliphatic imine (C=N–C) groups is 1. The first-order valence-corrected chi connectivity index (χ1v) is 9.81. The van der Waals surface area contributed by atoms with Crippen LogP contribution in [-0.4, -0.2) is 60.1 Å². The van der Waals surface area contributed by atoms with Crippen molar-refractivity contribution >= 4 is 11.9 Å². The maximum absolute atomic E-state index is 4.97. The standard InChI is InChI=1S/C19H32N6/c1-3-20-18(23-15-17-7-4-6-16(2)14-17)24-10-12-25(13-11-24)19-21-8-5-9-22-19/h5,8-9,16-17H,3-4,6-7,10-15H2,1-2H3,(H,20,23). The highest BCUT2D eigenvalue weighted by molar-refractivity contribution is 5.80. The van der Waals surface area contributed by atoms with Crippen LogP contribution in [0.3, 0.4) is 0 Å². The van der Waals surface area contributed by atoms with E-state index in [4.69, 9.17) is 4.99 Å². The Morgan fingerprint density at radius 1 is 1.20 bits per heavy atom. The second-order valence-electron chi connectivity index (χ2n) is 7.36. The molecule has 2 fully saturated rings. The van der Waals surface area contributed by atoms with Crippen LogP contribution in [0.4, 0.5) is 5.95 Å². The number of hydrogen-bond donors (Lipinski definition) is 1. The van der Waals surface area contributed by atoms with Crippen LogP contribution < -0.4 is 10.2 Å². The van der Waals surface area contributed by atoms with E-state index in [9.17, 15) is 0 Å². The Morgan fingerprint density at radius 3 is 2.64 bits per heavy atom. The summed E-state index contributed by atoms with van der Waals surface area (Å²) in [5.41, 5.74) is 0. The summed E-state index contributed by atoms with van der Waals surface area (Å²) in [6, 6.07) is 1.86. The first-order chi connectivity index (χ1) is 12.3. The number of rotatable bonds is 4. The molecule has 1 aliphatic carbocycles. The van der Waals surface area contributed by atoms with Gasteiger partial charge in [-0.1, -0.05) is 19.8 Å². The molecular weight excluding hydrogens is 312 g/mol. The molecule has 1 saturated carbocycles. The molecule has 0 amide bonds. The SMILES string of the molecule is CCNC(=NCC1CCCC(C)C1)N1CCN(c2ncccn2)CC1. The van der Waals surface area contributed by atoms with E-state index in [2.05, 4.69) is 38.9 Å². The smallest absolute Gasteiger partial charge is 0.225 e. The lowest BCUT2D eigenvalue weighted by Crippen LogP contribution is -2.53. The van der Waals surface area contributed by atoms with Crippen molar-refractivity contribution in [3.63, 3.8) is 0 Å². The highest BCUT2D eigenvalue weighted by Crippen LogP contribution is 2.28. The molecule has 2 atom stereocenters. The third-order valence-corrected chi connectivity index (χ3v) is 5.29. The topological polar surface area (TPSA) is 56.7 Å². The van der Waals surface area contributed by atoms with Gasteiger partial charge in [-0.25, -0.2) is 9.97 Å². The molecule has 0 spiro atoms. The van der Waals surface area contributed by atoms with Crippen molar-refractivity contribution in [2.24, 2.45) is 16.8 Å². The van der Waals surface area contributed by atoms with Crippen molar-refractivity contribution in [2.45, 2.75) is 39.5 Å². The number of guanidine groups is 1. The molecule has 25 heavy (non-hydrogen) atoms. The van der Waals surface area contributed by atoms with Crippen molar-refractivity contribution in [3.05, 3.63) is 18.5 Å². The van der Waals surface area contributed by atoms with E-state index in [1.807, 2.05) is 18.5 Å². The fraction of sp³-hybridized carbons (Fsp3) is 0.737. The molecule has 2 unspecified atom stereocenters. The molecule has 3 rings (SSSR count). The third-order valence-electron chi connectivity index (χ3n) is 5.29. The molecule has 0 aromatic carbocycles. The number of aromatic nitrogens is 2. The van der Waals surface area contributed by atoms with Crippen LogP contribution in [0.15, 0.2) is 23.5 Å². The minimum Gasteiger partial charge on any atom is -0.357 e. The average Bonchev–Trinajstić information content (AvgIpc) is 2.66. The van der Waals surface area contributed by atoms with Crippen molar-refractivity contribution in [2.75, 3.05) is 44.2 Å². The summed E-state index contributed by atoms with van der Waals surface area (Å²) in [5.74, 6) is 3.54. The van der Waals surface area contributed by atoms with Crippen LogP contribution >= 0.6 is 0 Å². The van der Waals surface area contributed by atoms with Gasteiger partial charge in [-0.3, -0.25) is 4.99 Å². The molecule has 138 valence electrons. The van der Waals surface area contributed by atoms with Gasteiger partial charge in [0, 0.05) is 51.7 Å². The zero-order valence-electron chi connectivity index (χ0n) is 15.7. The Kier molecular flexibility index (Phi) is 6.48. The number of anilines is 1. The molecule has 1 aromatic rings. The summed E-state index contributed by atoms with van der Waals surface area (Å²) < 4.78 is 0. The zero-order chi connectivity index (χ0) is 17.5. The lowest BCUT2D eigenvalue weighted by Gasteiger charge is -2.36. The maximum Gasteiger partial charge on any atom is 0.225 e. The lowest BCUT2D eigenvalue weighted by atomic mass is 9.82. The van der Waals surface area contributed by atoms with Crippen LogP contribution in [0.2, 0.25) is 0 Å². The Morgan fingerprint density at radius 2 is 1.96 bits per heavy atom. The maximum atomic E-state index is 4.97. The Labute approximate surface area is 151 Å². The van der Waals surface area contributed by atoms with E-state index >= 15 is 0 Å². The van der Waals surface area contributed by atoms with E-state index in [1.165, 1.54) is 25.7 Å². The van der Waals surface area contributed by atoms with Gasteiger partial charge in [0.1, 0.15) is 0 Å². The minimum atomic E-state index is 0.761. The average molecular weight is 345 g/mol. The number of nitrogens with one attached hydrogen (secondary N) is 1. The number of nitrogens with zero attached hydrogens (tertiary/aromatic N) is 5. The Balaban J connectivity index is 1.55. The van der Waals surface area contributed by atoms with Gasteiger partial charge in [0.05, 0.1) is 0 Å². The van der Waals surface area contributed by atoms with Crippen LogP contribution in [-0.2, 0) is 0 Å². The summed E-state index contributed by atoms with van der Waals surface area (Å²) in [4.78, 5) is 18.3. The van der Waals surface area contributed by atoms with E-state index in [0.29, 0.717) is 0 Å². The van der Waals surface area contributed by atoms with Gasteiger partial charge in [0.15, 0.2) is 5.96 Å². The van der Waals surface area contributed by atoms with Crippen molar-refractivity contribution < 1.29 is 0 Å². The van der Waals surface area contributed by atoms with E-state index in [-0.39, 0.29) is 0 Å². The fourth-order valence-electron chi connectivity index (χ4n) is 3.94. The highest BCUT2D eigenvalue weighted by Gasteiger charge is 2.22. The zero-order valence-corrected chi connectivity index (χ0v) is 15.7. The van der Waals surface area contributed by atoms with Gasteiger partial charge in [-0.05, 0) is 37.7 Å². The summed E-state index contributed by atoms with van der Waals surface area (Å²) in [6.07, 6.45) is 9.06. The molecule has 6 heteroatoms. The molecule has 1 aliphatic heterocycles. The minimum absolute atomic E-state index is 0.761. The fourth-order valence-corrected chi connectivity index (χ4v) is 3.94. The van der Waals surface area contributed by atoms with Gasteiger partial charge < -0.3 is 15.1 Å². The Hall–Kier alpha value is -1.85. The molecule has 1 saturated heterocycles. The van der Waals surface area contributed by atoms with Crippen molar-refractivity contribution in [1.29, 1.82) is 0 Å². The van der Waals surface area contributed by atoms with Gasteiger partial charge in [0.2, 0.25) is 5.95 Å². The lowest BCUT2D eigenvalue weighted by molar-refractivity contribution is 0.287. The molecule has 6 nitrogen and oxygen atoms in total. The van der Waals surface area contributed by atoms with Crippen LogP contribution in [0.1, 0.15) is 39.5 Å². The first-order valence-electron chi connectivity index (χ1n) is 9.81. The molecule has 0 radical (unpaired) electrons. The summed E-state index contributed by atoms with van der Waals surface area (Å²) in [7, 11) is 0. The van der Waals surface area contributed by atoms with Gasteiger partial charge in [0.25, 0.3) is 0 Å². The van der Waals surface area contributed by atoms with E-state index in [1.54, 1.807) is 0 Å². The van der Waals surface area contributed by atoms with Crippen LogP contribution in [0.5, 0.6) is 0 Å². The molecule has 0 bridgehead atoms. The molecule has 1 aromatic heterocycles. The van der Waals surface area contributed by atoms with Gasteiger partial charge in [-0.15, -0.1) is 0 Å². The van der Waals surface area contributed by atoms with Crippen molar-refractivity contribution in [3.8, 4) is 0 Å². The molecular formula is C19H32N6. The van der Waals surface area contributed by atoms with Crippen LogP contribution in [0.25, 0.3) is 0 Å². The van der Waals surface area contributed by atoms with Crippen molar-refractivity contribution in [1.82, 2.24) is 20.2 Å². The second-order valence-corrected chi connectivity index (χ2v) is 7.36. The predicted octanol–water partition coefficient (Wildman–Crippen LogP) is 2.39. The molecule has 1 N–H and O–H groups in total. The summed E-state index contributed by atoms with van der Waals surface area (Å²) in [5, 5.41) is 3.48. The normalized spacial score (nSPS) is 25.1. The Bertz CT molecular complexity index is 538. The molecule has 2 heterocycles. The predicted molar refractivity (Wildman–Crippen MR) is 103 cm³/mol. The quantitative estimate of drug-likeness (QED) is 0.671. The summed E-state index contributed by atoms with van der Waals surface area (Å²) in [6.45, 7) is 10.2.